The molecule has 1 aliphatic heterocycles. The van der Waals surface area contributed by atoms with Gasteiger partial charge in [0, 0.05) is 37.7 Å². The van der Waals surface area contributed by atoms with E-state index in [4.69, 9.17) is 5.73 Å². The number of hydrogen-bond acceptors (Lipinski definition) is 5. The van der Waals surface area contributed by atoms with Crippen LogP contribution in [0.1, 0.15) is 12.0 Å². The fourth-order valence-electron chi connectivity index (χ4n) is 3.21. The highest BCUT2D eigenvalue weighted by molar-refractivity contribution is 7.89. The van der Waals surface area contributed by atoms with Crippen molar-refractivity contribution in [1.82, 2.24) is 4.31 Å². The minimum Gasteiger partial charge on any atom is -0.398 e. The molecule has 0 saturated carbocycles. The number of fused-ring (bicyclic) bond motifs is 1. The van der Waals surface area contributed by atoms with E-state index < -0.39 is 10.0 Å². The van der Waals surface area contributed by atoms with E-state index in [9.17, 15) is 13.2 Å². The van der Waals surface area contributed by atoms with Gasteiger partial charge in [-0.25, -0.2) is 12.7 Å². The van der Waals surface area contributed by atoms with E-state index in [0.717, 1.165) is 40.6 Å². The summed E-state index contributed by atoms with van der Waals surface area (Å²) >= 11 is 0. The van der Waals surface area contributed by atoms with E-state index in [0.29, 0.717) is 5.69 Å². The maximum absolute atomic E-state index is 12.5. The van der Waals surface area contributed by atoms with Crippen LogP contribution in [0, 0.1) is 0 Å². The molecule has 0 aliphatic carbocycles. The molecule has 0 fully saturated rings. The molecule has 0 unspecified atom stereocenters. The van der Waals surface area contributed by atoms with Crippen LogP contribution in [0.5, 0.6) is 0 Å². The van der Waals surface area contributed by atoms with Crippen molar-refractivity contribution >= 4 is 33.0 Å². The molecule has 3 N–H and O–H groups in total. The van der Waals surface area contributed by atoms with Crippen LogP contribution in [-0.2, 0) is 21.2 Å². The Morgan fingerprint density at radius 1 is 1.22 bits per heavy atom. The van der Waals surface area contributed by atoms with Crippen LogP contribution in [-0.4, -0.2) is 45.8 Å². The summed E-state index contributed by atoms with van der Waals surface area (Å²) in [7, 11) is -0.605. The van der Waals surface area contributed by atoms with Gasteiger partial charge < -0.3 is 16.0 Å². The lowest BCUT2D eigenvalue weighted by Gasteiger charge is -2.31. The molecule has 1 aliphatic rings. The van der Waals surface area contributed by atoms with Gasteiger partial charge in [0.25, 0.3) is 0 Å². The van der Waals surface area contributed by atoms with Crippen molar-refractivity contribution in [2.45, 2.75) is 17.7 Å². The molecule has 1 heterocycles. The Balaban J connectivity index is 1.74. The fourth-order valence-corrected chi connectivity index (χ4v) is 4.16. The molecule has 8 heteroatoms. The first-order chi connectivity index (χ1) is 12.8. The van der Waals surface area contributed by atoms with Crippen LogP contribution in [0.3, 0.4) is 0 Å². The summed E-state index contributed by atoms with van der Waals surface area (Å²) in [5.41, 5.74) is 9.32. The number of nitrogens with zero attached hydrogens (tertiary/aromatic N) is 2. The van der Waals surface area contributed by atoms with Crippen LogP contribution in [0.25, 0.3) is 0 Å². The van der Waals surface area contributed by atoms with Crippen LogP contribution < -0.4 is 16.0 Å². The number of carbonyl (C=O) groups is 1. The largest absolute Gasteiger partial charge is 0.398 e. The van der Waals surface area contributed by atoms with E-state index in [2.05, 4.69) is 5.32 Å². The lowest BCUT2D eigenvalue weighted by molar-refractivity contribution is -0.115. The monoisotopic (exact) mass is 388 g/mol. The Hall–Kier alpha value is -2.58. The number of benzene rings is 2. The lowest BCUT2D eigenvalue weighted by atomic mass is 10.00. The third kappa shape index (κ3) is 4.06. The number of hydrogen-bond donors (Lipinski definition) is 2. The van der Waals surface area contributed by atoms with Crippen molar-refractivity contribution in [3.05, 3.63) is 48.0 Å². The summed E-state index contributed by atoms with van der Waals surface area (Å²) in [6.07, 6.45) is 1.84. The molecular weight excluding hydrogens is 364 g/mol. The minimum absolute atomic E-state index is 0.140. The van der Waals surface area contributed by atoms with Gasteiger partial charge in [0.1, 0.15) is 0 Å². The quantitative estimate of drug-likeness (QED) is 0.763. The maximum atomic E-state index is 12.5. The zero-order chi connectivity index (χ0) is 19.6. The molecule has 0 spiro atoms. The predicted octanol–water partition coefficient (Wildman–Crippen LogP) is 1.91. The van der Waals surface area contributed by atoms with Crippen molar-refractivity contribution in [1.29, 1.82) is 0 Å². The number of anilines is 3. The average molecular weight is 388 g/mol. The van der Waals surface area contributed by atoms with E-state index in [1.165, 1.54) is 26.2 Å². The first kappa shape index (κ1) is 19.2. The standard InChI is InChI=1S/C19H24N4O3S/c1-22(2)27(25,26)15-7-3-6-14(12-15)21-19(24)13-23-11-5-8-16-17(20)9-4-10-18(16)23/h3-4,6-7,9-10,12H,5,8,11,13,20H2,1-2H3,(H,21,24). The first-order valence-corrected chi connectivity index (χ1v) is 10.2. The highest BCUT2D eigenvalue weighted by Crippen LogP contribution is 2.31. The Morgan fingerprint density at radius 3 is 2.70 bits per heavy atom. The van der Waals surface area contributed by atoms with E-state index >= 15 is 0 Å². The number of carbonyl (C=O) groups excluding carboxylic acids is 1. The zero-order valence-electron chi connectivity index (χ0n) is 15.5. The molecule has 1 amide bonds. The summed E-state index contributed by atoms with van der Waals surface area (Å²) < 4.78 is 25.6. The van der Waals surface area contributed by atoms with Crippen LogP contribution in [0.2, 0.25) is 0 Å². The second-order valence-corrected chi connectivity index (χ2v) is 8.89. The number of nitrogen functional groups attached to an aromatic ring is 1. The Morgan fingerprint density at radius 2 is 1.96 bits per heavy atom. The van der Waals surface area contributed by atoms with E-state index in [1.807, 2.05) is 23.1 Å². The van der Waals surface area contributed by atoms with Gasteiger partial charge in [-0.3, -0.25) is 4.79 Å². The van der Waals surface area contributed by atoms with E-state index in [-0.39, 0.29) is 17.3 Å². The molecule has 0 atom stereocenters. The zero-order valence-corrected chi connectivity index (χ0v) is 16.3. The SMILES string of the molecule is CN(C)S(=O)(=O)c1cccc(NC(=O)CN2CCCc3c(N)cccc32)c1. The van der Waals surface area contributed by atoms with Gasteiger partial charge in [-0.15, -0.1) is 0 Å². The minimum atomic E-state index is -3.55. The second kappa shape index (κ2) is 7.58. The predicted molar refractivity (Wildman–Crippen MR) is 107 cm³/mol. The third-order valence-electron chi connectivity index (χ3n) is 4.61. The molecule has 3 rings (SSSR count). The summed E-state index contributed by atoms with van der Waals surface area (Å²) in [4.78, 5) is 14.7. The summed E-state index contributed by atoms with van der Waals surface area (Å²) in [6.45, 7) is 0.958. The third-order valence-corrected chi connectivity index (χ3v) is 6.42. The van der Waals surface area contributed by atoms with Crippen LogP contribution >= 0.6 is 0 Å². The number of sulfonamides is 1. The molecule has 0 bridgehead atoms. The number of nitrogens with one attached hydrogen (secondary N) is 1. The molecule has 2 aromatic carbocycles. The van der Waals surface area contributed by atoms with Gasteiger partial charge in [-0.1, -0.05) is 12.1 Å². The number of amides is 1. The van der Waals surface area contributed by atoms with Gasteiger partial charge in [-0.05, 0) is 48.7 Å². The second-order valence-electron chi connectivity index (χ2n) is 6.73. The van der Waals surface area contributed by atoms with Gasteiger partial charge >= 0.3 is 0 Å². The van der Waals surface area contributed by atoms with E-state index in [1.54, 1.807) is 12.1 Å². The Labute approximate surface area is 159 Å². The van der Waals surface area contributed by atoms with Crippen molar-refractivity contribution in [3.8, 4) is 0 Å². The smallest absolute Gasteiger partial charge is 0.243 e. The Bertz CT molecular complexity index is 957. The lowest BCUT2D eigenvalue weighted by Crippen LogP contribution is -2.37. The molecular formula is C19H24N4O3S. The highest BCUT2D eigenvalue weighted by atomic mass is 32.2. The number of rotatable bonds is 5. The van der Waals surface area contributed by atoms with Gasteiger partial charge in [0.05, 0.1) is 11.4 Å². The molecule has 27 heavy (non-hydrogen) atoms. The fraction of sp³-hybridized carbons (Fsp3) is 0.316. The van der Waals surface area contributed by atoms with Gasteiger partial charge in [0.15, 0.2) is 0 Å². The summed E-state index contributed by atoms with van der Waals surface area (Å²) in [5.74, 6) is -0.204. The number of nitrogens with two attached hydrogens (primary N) is 1. The molecule has 0 radical (unpaired) electrons. The topological polar surface area (TPSA) is 95.7 Å². The van der Waals surface area contributed by atoms with Crippen LogP contribution in [0.4, 0.5) is 17.1 Å². The average Bonchev–Trinajstić information content (AvgIpc) is 2.62. The normalized spacial score (nSPS) is 14.1. The molecule has 0 saturated heterocycles. The van der Waals surface area contributed by atoms with Crippen molar-refractivity contribution in [2.24, 2.45) is 0 Å². The van der Waals surface area contributed by atoms with Gasteiger partial charge in [-0.2, -0.15) is 0 Å². The maximum Gasteiger partial charge on any atom is 0.243 e. The van der Waals surface area contributed by atoms with Crippen molar-refractivity contribution in [2.75, 3.05) is 43.1 Å². The van der Waals surface area contributed by atoms with Gasteiger partial charge in [0.2, 0.25) is 15.9 Å². The molecule has 7 nitrogen and oxygen atoms in total. The molecule has 0 aromatic heterocycles. The van der Waals surface area contributed by atoms with Crippen molar-refractivity contribution < 1.29 is 13.2 Å². The highest BCUT2D eigenvalue weighted by Gasteiger charge is 2.21. The summed E-state index contributed by atoms with van der Waals surface area (Å²) in [6, 6.07) is 12.0. The molecule has 2 aromatic rings. The molecule has 144 valence electrons. The van der Waals surface area contributed by atoms with Crippen molar-refractivity contribution in [3.63, 3.8) is 0 Å². The summed E-state index contributed by atoms with van der Waals surface area (Å²) in [5, 5.41) is 2.79. The first-order valence-electron chi connectivity index (χ1n) is 8.74. The Kier molecular flexibility index (Phi) is 5.38. The van der Waals surface area contributed by atoms with Crippen LogP contribution in [0.15, 0.2) is 47.4 Å².